The van der Waals surface area contributed by atoms with Crippen molar-refractivity contribution >= 4 is 17.6 Å². The highest BCUT2D eigenvalue weighted by Gasteiger charge is 2.17. The van der Waals surface area contributed by atoms with E-state index >= 15 is 0 Å². The van der Waals surface area contributed by atoms with E-state index < -0.39 is 24.3 Å². The van der Waals surface area contributed by atoms with E-state index in [4.69, 9.17) is 4.74 Å². The number of ether oxygens (including phenoxy) is 1. The number of carbonyl (C=O) groups is 2. The van der Waals surface area contributed by atoms with Gasteiger partial charge in [-0.1, -0.05) is 12.1 Å². The van der Waals surface area contributed by atoms with E-state index in [1.54, 1.807) is 12.1 Å². The maximum atomic E-state index is 13.4. The van der Waals surface area contributed by atoms with E-state index in [1.165, 1.54) is 18.2 Å². The number of anilines is 1. The van der Waals surface area contributed by atoms with Crippen molar-refractivity contribution in [2.24, 2.45) is 0 Å². The molecule has 0 fully saturated rings. The second-order valence-corrected chi connectivity index (χ2v) is 5.13. The zero-order valence-corrected chi connectivity index (χ0v) is 13.4. The van der Waals surface area contributed by atoms with Crippen molar-refractivity contribution in [3.63, 3.8) is 0 Å². The molecule has 1 N–H and O–H groups in total. The molecule has 1 aromatic heterocycles. The molecule has 0 radical (unpaired) electrons. The molecule has 0 aliphatic carbocycles. The summed E-state index contributed by atoms with van der Waals surface area (Å²) in [6.45, 7) is 5.99. The van der Waals surface area contributed by atoms with Crippen LogP contribution in [0.4, 0.5) is 10.1 Å². The van der Waals surface area contributed by atoms with Gasteiger partial charge in [0.05, 0.1) is 11.3 Å². The highest BCUT2D eigenvalue weighted by atomic mass is 19.1. The minimum Gasteiger partial charge on any atom is -0.452 e. The fraction of sp³-hybridized carbons (Fsp3) is 0.294. The topological polar surface area (TPSA) is 60.3 Å². The number of benzene rings is 1. The van der Waals surface area contributed by atoms with Crippen molar-refractivity contribution in [3.05, 3.63) is 53.1 Å². The molecule has 0 aliphatic heterocycles. The summed E-state index contributed by atoms with van der Waals surface area (Å²) < 4.78 is 20.4. The molecule has 0 atom stereocenters. The number of halogens is 1. The summed E-state index contributed by atoms with van der Waals surface area (Å²) >= 11 is 0. The number of esters is 1. The Kier molecular flexibility index (Phi) is 5.16. The van der Waals surface area contributed by atoms with Crippen LogP contribution in [-0.4, -0.2) is 23.1 Å². The molecule has 0 unspecified atom stereocenters. The fourth-order valence-electron chi connectivity index (χ4n) is 2.45. The summed E-state index contributed by atoms with van der Waals surface area (Å²) in [5, 5.41) is 2.36. The molecule has 5 nitrogen and oxygen atoms in total. The zero-order valence-electron chi connectivity index (χ0n) is 13.4. The minimum absolute atomic E-state index is 0.0534. The van der Waals surface area contributed by atoms with Crippen LogP contribution in [0.25, 0.3) is 0 Å². The Morgan fingerprint density at radius 1 is 1.26 bits per heavy atom. The molecule has 23 heavy (non-hydrogen) atoms. The number of aromatic nitrogens is 1. The monoisotopic (exact) mass is 318 g/mol. The number of amides is 1. The molecule has 2 aromatic rings. The largest absolute Gasteiger partial charge is 0.452 e. The van der Waals surface area contributed by atoms with Gasteiger partial charge >= 0.3 is 5.97 Å². The Hall–Kier alpha value is -2.63. The minimum atomic E-state index is -0.590. The van der Waals surface area contributed by atoms with Gasteiger partial charge in [0, 0.05) is 17.9 Å². The molecule has 0 saturated carbocycles. The first-order chi connectivity index (χ1) is 10.9. The normalized spacial score (nSPS) is 10.4. The highest BCUT2D eigenvalue weighted by molar-refractivity contribution is 5.96. The molecular formula is C17H19FN2O3. The van der Waals surface area contributed by atoms with Crippen LogP contribution in [0.5, 0.6) is 0 Å². The lowest BCUT2D eigenvalue weighted by Gasteiger charge is -2.08. The van der Waals surface area contributed by atoms with Gasteiger partial charge in [-0.2, -0.15) is 0 Å². The summed E-state index contributed by atoms with van der Waals surface area (Å²) in [6.07, 6.45) is 0. The van der Waals surface area contributed by atoms with Crippen LogP contribution in [0.15, 0.2) is 30.3 Å². The van der Waals surface area contributed by atoms with Crippen molar-refractivity contribution < 1.29 is 18.7 Å². The molecule has 2 rings (SSSR count). The van der Waals surface area contributed by atoms with Crippen molar-refractivity contribution in [1.82, 2.24) is 4.57 Å². The summed E-state index contributed by atoms with van der Waals surface area (Å²) in [5.74, 6) is -1.70. The quantitative estimate of drug-likeness (QED) is 0.862. The van der Waals surface area contributed by atoms with Crippen LogP contribution < -0.4 is 5.32 Å². The maximum Gasteiger partial charge on any atom is 0.340 e. The summed E-state index contributed by atoms with van der Waals surface area (Å²) in [7, 11) is 0. The van der Waals surface area contributed by atoms with Crippen LogP contribution in [0.3, 0.4) is 0 Å². The lowest BCUT2D eigenvalue weighted by Crippen LogP contribution is -2.21. The first-order valence-corrected chi connectivity index (χ1v) is 7.32. The predicted octanol–water partition coefficient (Wildman–Crippen LogP) is 3.06. The molecule has 6 heteroatoms. The number of aryl methyl sites for hydroxylation is 1. The van der Waals surface area contributed by atoms with Crippen molar-refractivity contribution in [1.29, 1.82) is 0 Å². The first kappa shape index (κ1) is 16.7. The zero-order chi connectivity index (χ0) is 17.0. The first-order valence-electron chi connectivity index (χ1n) is 7.32. The van der Waals surface area contributed by atoms with Gasteiger partial charge in [-0.05, 0) is 39.0 Å². The maximum absolute atomic E-state index is 13.4. The van der Waals surface area contributed by atoms with Crippen LogP contribution >= 0.6 is 0 Å². The average Bonchev–Trinajstić information content (AvgIpc) is 2.81. The van der Waals surface area contributed by atoms with Crippen molar-refractivity contribution in [3.8, 4) is 0 Å². The Labute approximate surface area is 134 Å². The van der Waals surface area contributed by atoms with Crippen LogP contribution in [0, 0.1) is 19.7 Å². The van der Waals surface area contributed by atoms with E-state index in [0.717, 1.165) is 17.9 Å². The van der Waals surface area contributed by atoms with Crippen LogP contribution in [0.1, 0.15) is 28.7 Å². The Morgan fingerprint density at radius 3 is 2.57 bits per heavy atom. The lowest BCUT2D eigenvalue weighted by molar-refractivity contribution is -0.119. The SMILES string of the molecule is CCn1c(C)cc(C(=O)OCC(=O)Nc2ccccc2F)c1C. The summed E-state index contributed by atoms with van der Waals surface area (Å²) in [4.78, 5) is 23.8. The standard InChI is InChI=1S/C17H19FN2O3/c1-4-20-11(2)9-13(12(20)3)17(22)23-10-16(21)19-15-8-6-5-7-14(15)18/h5-9H,4,10H2,1-3H3,(H,19,21). The van der Waals surface area contributed by atoms with Crippen molar-refractivity contribution in [2.75, 3.05) is 11.9 Å². The smallest absolute Gasteiger partial charge is 0.340 e. The molecule has 0 saturated heterocycles. The van der Waals surface area contributed by atoms with E-state index in [2.05, 4.69) is 5.32 Å². The van der Waals surface area contributed by atoms with Crippen molar-refractivity contribution in [2.45, 2.75) is 27.3 Å². The second-order valence-electron chi connectivity index (χ2n) is 5.13. The third kappa shape index (κ3) is 3.77. The van der Waals surface area contributed by atoms with Gasteiger partial charge in [-0.3, -0.25) is 4.79 Å². The van der Waals surface area contributed by atoms with E-state index in [0.29, 0.717) is 5.56 Å². The average molecular weight is 318 g/mol. The number of nitrogens with zero attached hydrogens (tertiary/aromatic N) is 1. The van der Waals surface area contributed by atoms with Gasteiger partial charge in [-0.25, -0.2) is 9.18 Å². The Bertz CT molecular complexity index is 737. The number of para-hydroxylation sites is 1. The number of hydrogen-bond acceptors (Lipinski definition) is 3. The predicted molar refractivity (Wildman–Crippen MR) is 84.9 cm³/mol. The van der Waals surface area contributed by atoms with E-state index in [-0.39, 0.29) is 5.69 Å². The molecule has 0 spiro atoms. The second kappa shape index (κ2) is 7.09. The molecular weight excluding hydrogens is 299 g/mol. The third-order valence-corrected chi connectivity index (χ3v) is 3.59. The number of hydrogen-bond donors (Lipinski definition) is 1. The molecule has 1 aromatic carbocycles. The molecule has 0 aliphatic rings. The molecule has 1 amide bonds. The summed E-state index contributed by atoms with van der Waals surface area (Å²) in [6, 6.07) is 7.53. The lowest BCUT2D eigenvalue weighted by atomic mass is 10.2. The molecule has 1 heterocycles. The van der Waals surface area contributed by atoms with Gasteiger partial charge < -0.3 is 14.6 Å². The van der Waals surface area contributed by atoms with E-state index in [1.807, 2.05) is 25.3 Å². The highest BCUT2D eigenvalue weighted by Crippen LogP contribution is 2.16. The Balaban J connectivity index is 1.97. The van der Waals surface area contributed by atoms with E-state index in [9.17, 15) is 14.0 Å². The van der Waals surface area contributed by atoms with Gasteiger partial charge in [0.25, 0.3) is 5.91 Å². The van der Waals surface area contributed by atoms with Gasteiger partial charge in [0.1, 0.15) is 5.82 Å². The number of rotatable bonds is 5. The Morgan fingerprint density at radius 2 is 1.96 bits per heavy atom. The number of nitrogens with one attached hydrogen (secondary N) is 1. The van der Waals surface area contributed by atoms with Gasteiger partial charge in [0.15, 0.2) is 6.61 Å². The van der Waals surface area contributed by atoms with Gasteiger partial charge in [-0.15, -0.1) is 0 Å². The number of carbonyl (C=O) groups excluding carboxylic acids is 2. The fourth-order valence-corrected chi connectivity index (χ4v) is 2.45. The molecule has 122 valence electrons. The van der Waals surface area contributed by atoms with Gasteiger partial charge in [0.2, 0.25) is 0 Å². The third-order valence-electron chi connectivity index (χ3n) is 3.59. The van der Waals surface area contributed by atoms with Crippen LogP contribution in [-0.2, 0) is 16.1 Å². The van der Waals surface area contributed by atoms with Crippen LogP contribution in [0.2, 0.25) is 0 Å². The molecule has 0 bridgehead atoms. The summed E-state index contributed by atoms with van der Waals surface area (Å²) in [5.41, 5.74) is 2.23.